The number of nitrogen functional groups attached to an aromatic ring is 1. The number of nitro groups is 1. The first kappa shape index (κ1) is 14.4. The Bertz CT molecular complexity index is 710. The van der Waals surface area contributed by atoms with E-state index >= 15 is 0 Å². The molecule has 2 N–H and O–H groups in total. The number of benzene rings is 1. The van der Waals surface area contributed by atoms with E-state index in [2.05, 4.69) is 10.3 Å². The monoisotopic (exact) mass is 291 g/mol. The second kappa shape index (κ2) is 5.57. The average molecular weight is 291 g/mol. The van der Waals surface area contributed by atoms with Crippen LogP contribution < -0.4 is 5.73 Å². The summed E-state index contributed by atoms with van der Waals surface area (Å²) in [7, 11) is 0. The Labute approximate surface area is 119 Å². The molecule has 0 radical (unpaired) electrons. The molecule has 9 heteroatoms. The summed E-state index contributed by atoms with van der Waals surface area (Å²) in [5.41, 5.74) is 6.79. The number of esters is 1. The summed E-state index contributed by atoms with van der Waals surface area (Å²) in [6.45, 7) is 3.54. The summed E-state index contributed by atoms with van der Waals surface area (Å²) in [5, 5.41) is 18.2. The van der Waals surface area contributed by atoms with E-state index in [-0.39, 0.29) is 23.8 Å². The van der Waals surface area contributed by atoms with E-state index in [4.69, 9.17) is 10.5 Å². The van der Waals surface area contributed by atoms with E-state index in [9.17, 15) is 14.9 Å². The van der Waals surface area contributed by atoms with Crippen molar-refractivity contribution in [2.45, 2.75) is 13.8 Å². The number of hydrogen-bond acceptors (Lipinski definition) is 7. The van der Waals surface area contributed by atoms with Gasteiger partial charge in [-0.3, -0.25) is 10.1 Å². The number of nitrogens with zero attached hydrogens (tertiary/aromatic N) is 4. The normalized spacial score (nSPS) is 10.4. The lowest BCUT2D eigenvalue weighted by atomic mass is 10.2. The summed E-state index contributed by atoms with van der Waals surface area (Å²) in [6.07, 6.45) is 0. The van der Waals surface area contributed by atoms with Gasteiger partial charge in [0.15, 0.2) is 5.82 Å². The molecule has 0 amide bonds. The third kappa shape index (κ3) is 2.66. The van der Waals surface area contributed by atoms with Crippen LogP contribution in [-0.2, 0) is 4.74 Å². The molecule has 0 fully saturated rings. The fraction of sp³-hybridized carbons (Fsp3) is 0.250. The van der Waals surface area contributed by atoms with Gasteiger partial charge in [0.1, 0.15) is 0 Å². The molecular weight excluding hydrogens is 278 g/mol. The van der Waals surface area contributed by atoms with Crippen LogP contribution in [0, 0.1) is 17.0 Å². The first-order valence-corrected chi connectivity index (χ1v) is 6.09. The van der Waals surface area contributed by atoms with Crippen molar-refractivity contribution in [3.05, 3.63) is 39.6 Å². The average Bonchev–Trinajstić information content (AvgIpc) is 2.80. The van der Waals surface area contributed by atoms with Crippen LogP contribution >= 0.6 is 0 Å². The molecule has 1 aromatic carbocycles. The third-order valence-corrected chi connectivity index (χ3v) is 2.79. The molecule has 0 saturated heterocycles. The Morgan fingerprint density at radius 2 is 2.24 bits per heavy atom. The molecule has 110 valence electrons. The van der Waals surface area contributed by atoms with Crippen LogP contribution in [0.4, 0.5) is 11.5 Å². The first-order valence-electron chi connectivity index (χ1n) is 6.09. The Morgan fingerprint density at radius 1 is 1.52 bits per heavy atom. The number of nitrogens with two attached hydrogens (primary N) is 1. The molecule has 0 unspecified atom stereocenters. The van der Waals surface area contributed by atoms with Gasteiger partial charge in [-0.05, 0) is 25.5 Å². The van der Waals surface area contributed by atoms with Crippen molar-refractivity contribution in [2.75, 3.05) is 12.3 Å². The van der Waals surface area contributed by atoms with Crippen LogP contribution in [0.15, 0.2) is 18.2 Å². The van der Waals surface area contributed by atoms with Crippen LogP contribution in [0.2, 0.25) is 0 Å². The zero-order valence-corrected chi connectivity index (χ0v) is 11.4. The number of aryl methyl sites for hydroxylation is 1. The Hall–Kier alpha value is -2.97. The Balaban J connectivity index is 2.44. The summed E-state index contributed by atoms with van der Waals surface area (Å²) in [5.74, 6) is -0.647. The number of rotatable bonds is 4. The van der Waals surface area contributed by atoms with Crippen LogP contribution in [0.3, 0.4) is 0 Å². The fourth-order valence-corrected chi connectivity index (χ4v) is 1.80. The van der Waals surface area contributed by atoms with Gasteiger partial charge < -0.3 is 10.5 Å². The fourth-order valence-electron chi connectivity index (χ4n) is 1.80. The highest BCUT2D eigenvalue weighted by Gasteiger charge is 2.20. The highest BCUT2D eigenvalue weighted by molar-refractivity contribution is 5.92. The van der Waals surface area contributed by atoms with E-state index in [1.807, 2.05) is 0 Å². The first-order chi connectivity index (χ1) is 9.95. The third-order valence-electron chi connectivity index (χ3n) is 2.79. The number of anilines is 1. The van der Waals surface area contributed by atoms with Crippen LogP contribution in [0.25, 0.3) is 5.69 Å². The molecule has 1 aromatic heterocycles. The zero-order chi connectivity index (χ0) is 15.6. The lowest BCUT2D eigenvalue weighted by molar-refractivity contribution is -0.384. The summed E-state index contributed by atoms with van der Waals surface area (Å²) in [4.78, 5) is 21.9. The molecule has 0 aliphatic rings. The molecule has 0 spiro atoms. The van der Waals surface area contributed by atoms with Crippen molar-refractivity contribution in [1.29, 1.82) is 0 Å². The molecule has 2 rings (SSSR count). The summed E-state index contributed by atoms with van der Waals surface area (Å²) >= 11 is 0. The molecule has 0 aliphatic carbocycles. The molecular formula is C12H13N5O4. The second-order valence-corrected chi connectivity index (χ2v) is 4.18. The quantitative estimate of drug-likeness (QED) is 0.510. The Kier molecular flexibility index (Phi) is 3.83. The van der Waals surface area contributed by atoms with Gasteiger partial charge in [0.2, 0.25) is 5.69 Å². The van der Waals surface area contributed by atoms with Gasteiger partial charge >= 0.3 is 5.97 Å². The van der Waals surface area contributed by atoms with E-state index in [1.54, 1.807) is 13.8 Å². The predicted octanol–water partition coefficient (Wildman–Crippen LogP) is 1.24. The predicted molar refractivity (Wildman–Crippen MR) is 73.1 cm³/mol. The topological polar surface area (TPSA) is 126 Å². The number of carbonyl (C=O) groups excluding carboxylic acids is 1. The molecule has 2 aromatic rings. The molecule has 1 heterocycles. The SMILES string of the molecule is CCOC(=O)c1nnn(-c2ccc([N+](=O)[O-])cc2C)c1N. The minimum atomic E-state index is -0.666. The van der Waals surface area contributed by atoms with Crippen LogP contribution in [0.5, 0.6) is 0 Å². The number of ether oxygens (including phenoxy) is 1. The molecule has 0 aliphatic heterocycles. The molecule has 0 bridgehead atoms. The summed E-state index contributed by atoms with van der Waals surface area (Å²) in [6, 6.07) is 4.21. The van der Waals surface area contributed by atoms with Crippen molar-refractivity contribution >= 4 is 17.5 Å². The van der Waals surface area contributed by atoms with Gasteiger partial charge in [0.25, 0.3) is 5.69 Å². The van der Waals surface area contributed by atoms with Crippen molar-refractivity contribution < 1.29 is 14.5 Å². The van der Waals surface area contributed by atoms with Gasteiger partial charge in [-0.2, -0.15) is 4.68 Å². The maximum atomic E-state index is 11.6. The maximum absolute atomic E-state index is 11.6. The van der Waals surface area contributed by atoms with Gasteiger partial charge in [-0.1, -0.05) is 5.21 Å². The maximum Gasteiger partial charge on any atom is 0.362 e. The standard InChI is InChI=1S/C12H13N5O4/c1-3-21-12(18)10-11(13)16(15-14-10)9-5-4-8(17(19)20)6-7(9)2/h4-6H,3,13H2,1-2H3. The van der Waals surface area contributed by atoms with Crippen molar-refractivity contribution in [3.8, 4) is 5.69 Å². The van der Waals surface area contributed by atoms with Crippen LogP contribution in [0.1, 0.15) is 23.0 Å². The highest BCUT2D eigenvalue weighted by Crippen LogP contribution is 2.23. The van der Waals surface area contributed by atoms with Gasteiger partial charge in [-0.15, -0.1) is 5.10 Å². The number of aromatic nitrogens is 3. The van der Waals surface area contributed by atoms with Crippen molar-refractivity contribution in [1.82, 2.24) is 15.0 Å². The minimum Gasteiger partial charge on any atom is -0.461 e. The van der Waals surface area contributed by atoms with Gasteiger partial charge in [0.05, 0.1) is 17.2 Å². The van der Waals surface area contributed by atoms with Gasteiger partial charge in [0, 0.05) is 12.1 Å². The Morgan fingerprint density at radius 3 is 2.81 bits per heavy atom. The molecule has 21 heavy (non-hydrogen) atoms. The number of non-ortho nitro benzene ring substituents is 1. The largest absolute Gasteiger partial charge is 0.461 e. The van der Waals surface area contributed by atoms with Crippen molar-refractivity contribution in [3.63, 3.8) is 0 Å². The van der Waals surface area contributed by atoms with E-state index in [0.717, 1.165) is 0 Å². The molecule has 0 saturated carbocycles. The second-order valence-electron chi connectivity index (χ2n) is 4.18. The smallest absolute Gasteiger partial charge is 0.362 e. The van der Waals surface area contributed by atoms with Crippen LogP contribution in [-0.4, -0.2) is 32.5 Å². The van der Waals surface area contributed by atoms with Crippen molar-refractivity contribution in [2.24, 2.45) is 0 Å². The van der Waals surface area contributed by atoms with E-state index < -0.39 is 10.9 Å². The lowest BCUT2D eigenvalue weighted by Crippen LogP contribution is -2.10. The van der Waals surface area contributed by atoms with E-state index in [0.29, 0.717) is 11.3 Å². The van der Waals surface area contributed by atoms with Gasteiger partial charge in [-0.25, -0.2) is 4.79 Å². The molecule has 9 nitrogen and oxygen atoms in total. The number of hydrogen-bond donors (Lipinski definition) is 1. The number of nitro benzene ring substituents is 1. The minimum absolute atomic E-state index is 0.0189. The molecule has 0 atom stereocenters. The highest BCUT2D eigenvalue weighted by atomic mass is 16.6. The summed E-state index contributed by atoms with van der Waals surface area (Å²) < 4.78 is 6.06. The van der Waals surface area contributed by atoms with E-state index in [1.165, 1.54) is 22.9 Å². The number of carbonyl (C=O) groups is 1. The lowest BCUT2D eigenvalue weighted by Gasteiger charge is -2.06. The zero-order valence-electron chi connectivity index (χ0n) is 11.4.